The second kappa shape index (κ2) is 10.7. The molecule has 0 saturated carbocycles. The highest BCUT2D eigenvalue weighted by Crippen LogP contribution is 2.20. The number of nitrogens with one attached hydrogen (secondary N) is 2. The number of carbonyl (C=O) groups excluding carboxylic acids is 2. The summed E-state index contributed by atoms with van der Waals surface area (Å²) < 4.78 is 13.0. The lowest BCUT2D eigenvalue weighted by Gasteiger charge is -2.21. The lowest BCUT2D eigenvalue weighted by atomic mass is 10.0. The number of rotatable bonds is 9. The van der Waals surface area contributed by atoms with Gasteiger partial charge in [0.2, 0.25) is 11.8 Å². The number of fused-ring (bicyclic) bond motifs is 1. The van der Waals surface area contributed by atoms with Crippen LogP contribution in [-0.2, 0) is 16.1 Å². The minimum absolute atomic E-state index is 0.121. The third-order valence-electron chi connectivity index (χ3n) is 5.24. The maximum atomic E-state index is 13.0. The molecule has 0 aromatic heterocycles. The van der Waals surface area contributed by atoms with Gasteiger partial charge in [0, 0.05) is 6.54 Å². The molecule has 3 aromatic rings. The van der Waals surface area contributed by atoms with E-state index in [0.29, 0.717) is 13.1 Å². The van der Waals surface area contributed by atoms with Gasteiger partial charge >= 0.3 is 0 Å². The van der Waals surface area contributed by atoms with Crippen molar-refractivity contribution in [2.24, 2.45) is 0 Å². The monoisotopic (exact) mass is 421 g/mol. The quantitative estimate of drug-likeness (QED) is 0.553. The van der Waals surface area contributed by atoms with Gasteiger partial charge in [-0.25, -0.2) is 4.39 Å². The Kier molecular flexibility index (Phi) is 7.73. The summed E-state index contributed by atoms with van der Waals surface area (Å²) in [6.45, 7) is 5.01. The molecule has 0 aliphatic heterocycles. The summed E-state index contributed by atoms with van der Waals surface area (Å²) in [4.78, 5) is 26.6. The Morgan fingerprint density at radius 1 is 0.935 bits per heavy atom. The molecule has 3 aromatic carbocycles. The molecule has 31 heavy (non-hydrogen) atoms. The van der Waals surface area contributed by atoms with Gasteiger partial charge in [-0.05, 0) is 53.6 Å². The number of benzene rings is 3. The highest BCUT2D eigenvalue weighted by molar-refractivity contribution is 5.84. The van der Waals surface area contributed by atoms with Gasteiger partial charge in [-0.1, -0.05) is 55.5 Å². The van der Waals surface area contributed by atoms with Gasteiger partial charge in [0.05, 0.1) is 19.1 Å². The third-order valence-corrected chi connectivity index (χ3v) is 5.24. The Morgan fingerprint density at radius 2 is 1.61 bits per heavy atom. The second-order valence-corrected chi connectivity index (χ2v) is 7.60. The van der Waals surface area contributed by atoms with Gasteiger partial charge in [-0.15, -0.1) is 0 Å². The van der Waals surface area contributed by atoms with E-state index in [1.165, 1.54) is 12.1 Å². The number of nitrogens with zero attached hydrogens (tertiary/aromatic N) is 1. The molecular formula is C25H28FN3O2. The summed E-state index contributed by atoms with van der Waals surface area (Å²) in [5.74, 6) is -0.619. The highest BCUT2D eigenvalue weighted by Gasteiger charge is 2.15. The molecule has 0 aliphatic carbocycles. The van der Waals surface area contributed by atoms with E-state index in [4.69, 9.17) is 0 Å². The first kappa shape index (κ1) is 22.4. The Balaban J connectivity index is 1.48. The smallest absolute Gasteiger partial charge is 0.234 e. The maximum absolute atomic E-state index is 13.0. The molecule has 2 N–H and O–H groups in total. The number of halogens is 1. The predicted octanol–water partition coefficient (Wildman–Crippen LogP) is 3.79. The van der Waals surface area contributed by atoms with Gasteiger partial charge in [0.1, 0.15) is 5.82 Å². The van der Waals surface area contributed by atoms with Gasteiger partial charge in [0.25, 0.3) is 0 Å². The predicted molar refractivity (Wildman–Crippen MR) is 121 cm³/mol. The molecule has 0 saturated heterocycles. The van der Waals surface area contributed by atoms with Crippen molar-refractivity contribution in [3.8, 4) is 0 Å². The molecule has 162 valence electrons. The summed E-state index contributed by atoms with van der Waals surface area (Å²) >= 11 is 0. The topological polar surface area (TPSA) is 61.4 Å². The number of amides is 2. The molecule has 6 heteroatoms. The van der Waals surface area contributed by atoms with E-state index in [-0.39, 0.29) is 36.8 Å². The first-order valence-corrected chi connectivity index (χ1v) is 10.5. The van der Waals surface area contributed by atoms with Crippen molar-refractivity contribution in [2.75, 3.05) is 19.6 Å². The SMILES string of the molecule is CCN(CC(=O)NCc1ccc(F)cc1)CC(=O)NC(C)c1ccc2ccccc2c1. The molecule has 2 amide bonds. The van der Waals surface area contributed by atoms with Crippen molar-refractivity contribution in [2.45, 2.75) is 26.4 Å². The third kappa shape index (κ3) is 6.62. The van der Waals surface area contributed by atoms with Crippen molar-refractivity contribution in [1.29, 1.82) is 0 Å². The lowest BCUT2D eigenvalue weighted by molar-refractivity contribution is -0.125. The van der Waals surface area contributed by atoms with Crippen LogP contribution in [0, 0.1) is 5.82 Å². The first-order valence-electron chi connectivity index (χ1n) is 10.5. The molecule has 0 bridgehead atoms. The average Bonchev–Trinajstić information content (AvgIpc) is 2.77. The molecule has 1 atom stereocenters. The number of likely N-dealkylation sites (N-methyl/N-ethyl adjacent to an activating group) is 1. The van der Waals surface area contributed by atoms with Crippen LogP contribution in [0.4, 0.5) is 4.39 Å². The largest absolute Gasteiger partial charge is 0.351 e. The van der Waals surface area contributed by atoms with Gasteiger partial charge in [0.15, 0.2) is 0 Å². The Bertz CT molecular complexity index is 1040. The van der Waals surface area contributed by atoms with Crippen LogP contribution >= 0.6 is 0 Å². The summed E-state index contributed by atoms with van der Waals surface area (Å²) in [7, 11) is 0. The van der Waals surface area contributed by atoms with E-state index in [1.807, 2.05) is 32.0 Å². The van der Waals surface area contributed by atoms with Crippen molar-refractivity contribution in [1.82, 2.24) is 15.5 Å². The van der Waals surface area contributed by atoms with E-state index < -0.39 is 0 Å². The van der Waals surface area contributed by atoms with Crippen LogP contribution in [-0.4, -0.2) is 36.3 Å². The molecule has 0 radical (unpaired) electrons. The van der Waals surface area contributed by atoms with E-state index in [0.717, 1.165) is 21.9 Å². The minimum Gasteiger partial charge on any atom is -0.351 e. The summed E-state index contributed by atoms with van der Waals surface area (Å²) in [6.07, 6.45) is 0. The molecule has 0 aliphatic rings. The number of hydrogen-bond donors (Lipinski definition) is 2. The Labute approximate surface area is 182 Å². The Hall–Kier alpha value is -3.25. The van der Waals surface area contributed by atoms with Crippen molar-refractivity contribution in [3.05, 3.63) is 83.7 Å². The number of hydrogen-bond acceptors (Lipinski definition) is 3. The van der Waals surface area contributed by atoms with Crippen molar-refractivity contribution >= 4 is 22.6 Å². The molecule has 0 heterocycles. The van der Waals surface area contributed by atoms with Crippen LogP contribution in [0.15, 0.2) is 66.7 Å². The fourth-order valence-electron chi connectivity index (χ4n) is 3.39. The van der Waals surface area contributed by atoms with E-state index >= 15 is 0 Å². The van der Waals surface area contributed by atoms with Crippen LogP contribution in [0.5, 0.6) is 0 Å². The molecule has 0 fully saturated rings. The van der Waals surface area contributed by atoms with Crippen LogP contribution in [0.25, 0.3) is 10.8 Å². The zero-order valence-electron chi connectivity index (χ0n) is 17.9. The van der Waals surface area contributed by atoms with Crippen LogP contribution < -0.4 is 10.6 Å². The molecule has 3 rings (SSSR count). The van der Waals surface area contributed by atoms with Gasteiger partial charge in [-0.3, -0.25) is 14.5 Å². The average molecular weight is 422 g/mol. The molecular weight excluding hydrogens is 393 g/mol. The van der Waals surface area contributed by atoms with E-state index in [9.17, 15) is 14.0 Å². The van der Waals surface area contributed by atoms with Gasteiger partial charge in [-0.2, -0.15) is 0 Å². The maximum Gasteiger partial charge on any atom is 0.234 e. The molecule has 0 spiro atoms. The summed E-state index contributed by atoms with van der Waals surface area (Å²) in [5.41, 5.74) is 1.85. The molecule has 1 unspecified atom stereocenters. The fourth-order valence-corrected chi connectivity index (χ4v) is 3.39. The second-order valence-electron chi connectivity index (χ2n) is 7.60. The van der Waals surface area contributed by atoms with Gasteiger partial charge < -0.3 is 10.6 Å². The Morgan fingerprint density at radius 3 is 2.32 bits per heavy atom. The first-order chi connectivity index (χ1) is 14.9. The van der Waals surface area contributed by atoms with Crippen LogP contribution in [0.1, 0.15) is 31.0 Å². The fraction of sp³-hybridized carbons (Fsp3) is 0.280. The van der Waals surface area contributed by atoms with Crippen LogP contribution in [0.3, 0.4) is 0 Å². The van der Waals surface area contributed by atoms with E-state index in [1.54, 1.807) is 17.0 Å². The number of carbonyl (C=O) groups is 2. The van der Waals surface area contributed by atoms with Crippen molar-refractivity contribution < 1.29 is 14.0 Å². The van der Waals surface area contributed by atoms with Crippen LogP contribution in [0.2, 0.25) is 0 Å². The zero-order valence-corrected chi connectivity index (χ0v) is 17.9. The highest BCUT2D eigenvalue weighted by atomic mass is 19.1. The summed E-state index contributed by atoms with van der Waals surface area (Å²) in [5, 5.41) is 8.11. The normalized spacial score (nSPS) is 12.0. The zero-order chi connectivity index (χ0) is 22.2. The lowest BCUT2D eigenvalue weighted by Crippen LogP contribution is -2.43. The standard InChI is InChI=1S/C25H28FN3O2/c1-3-29(16-24(30)27-15-19-8-12-23(26)13-9-19)17-25(31)28-18(2)21-11-10-20-6-4-5-7-22(20)14-21/h4-14,18H,3,15-17H2,1-2H3,(H,27,30)(H,28,31). The van der Waals surface area contributed by atoms with Crippen molar-refractivity contribution in [3.63, 3.8) is 0 Å². The molecule has 5 nitrogen and oxygen atoms in total. The minimum atomic E-state index is -0.309. The summed E-state index contributed by atoms with van der Waals surface area (Å²) in [6, 6.07) is 20.1. The van der Waals surface area contributed by atoms with E-state index in [2.05, 4.69) is 34.9 Å².